The largest absolute Gasteiger partial charge is 0.481 e. The van der Waals surface area contributed by atoms with Crippen LogP contribution in [0.4, 0.5) is 46.5 Å². The molecule has 0 aliphatic carbocycles. The van der Waals surface area contributed by atoms with Crippen LogP contribution >= 0.6 is 15.8 Å². The van der Waals surface area contributed by atoms with E-state index < -0.39 is 30.7 Å². The van der Waals surface area contributed by atoms with Crippen LogP contribution in [0.5, 0.6) is 0 Å². The number of benzene rings is 1. The minimum Gasteiger partial charge on any atom is -0.481 e. The third kappa shape index (κ3) is 12.7. The molecule has 1 aliphatic rings. The fourth-order valence-electron chi connectivity index (χ4n) is 3.93. The van der Waals surface area contributed by atoms with Crippen LogP contribution in [0.15, 0.2) is 24.3 Å². The second-order valence-corrected chi connectivity index (χ2v) is 17.3. The SMILES string of the molecule is CC(=O)O.CC(C)P(CN1[B]N(CP(C(C)C)C(C)C)c2ccccc21)C(C)C.F[C-](F)C(F)(F)C(F)(F)C(F)F.[Rh]. The first-order valence-electron chi connectivity index (χ1n) is 13.0. The molecule has 0 atom stereocenters. The van der Waals surface area contributed by atoms with Crippen molar-refractivity contribution in [2.45, 2.75) is 103 Å². The van der Waals surface area contributed by atoms with Gasteiger partial charge < -0.3 is 23.5 Å². The van der Waals surface area contributed by atoms with E-state index in [9.17, 15) is 35.1 Å². The summed E-state index contributed by atoms with van der Waals surface area (Å²) in [4.78, 5) is 14.1. The van der Waals surface area contributed by atoms with Crippen LogP contribution in [-0.4, -0.2) is 72.1 Å². The molecule has 246 valence electrons. The number of para-hydroxylation sites is 2. The Morgan fingerprint density at radius 3 is 1.31 bits per heavy atom. The van der Waals surface area contributed by atoms with Crippen LogP contribution in [0, 0.1) is 6.43 Å². The van der Waals surface area contributed by atoms with Gasteiger partial charge in [0.1, 0.15) is 0 Å². The molecule has 2 rings (SSSR count). The van der Waals surface area contributed by atoms with Gasteiger partial charge in [-0.25, -0.2) is 17.6 Å². The van der Waals surface area contributed by atoms with E-state index in [1.807, 2.05) is 0 Å². The maximum atomic E-state index is 11.6. The third-order valence-corrected chi connectivity index (χ3v) is 12.6. The number of anilines is 2. The maximum Gasteiger partial charge on any atom is 0.392 e. The Bertz CT molecular complexity index is 849. The van der Waals surface area contributed by atoms with Gasteiger partial charge in [0, 0.05) is 50.3 Å². The quantitative estimate of drug-likeness (QED) is 0.106. The van der Waals surface area contributed by atoms with E-state index >= 15 is 0 Å². The summed E-state index contributed by atoms with van der Waals surface area (Å²) in [6.07, 6.45) is -6.51. The number of carboxylic acids is 1. The Balaban J connectivity index is 0. The maximum absolute atomic E-state index is 11.6. The minimum absolute atomic E-state index is 0. The van der Waals surface area contributed by atoms with E-state index in [0.717, 1.165) is 29.6 Å². The van der Waals surface area contributed by atoms with Crippen LogP contribution in [0.1, 0.15) is 62.3 Å². The molecule has 2 radical (unpaired) electrons. The summed E-state index contributed by atoms with van der Waals surface area (Å²) in [5.74, 6) is -13.0. The average molecular weight is 741 g/mol. The van der Waals surface area contributed by atoms with Crippen LogP contribution in [0.25, 0.3) is 0 Å². The Labute approximate surface area is 260 Å². The minimum atomic E-state index is -6.08. The normalized spacial score (nSPS) is 13.5. The molecule has 4 nitrogen and oxygen atoms in total. The van der Waals surface area contributed by atoms with Crippen molar-refractivity contribution < 1.29 is 64.5 Å². The van der Waals surface area contributed by atoms with E-state index in [1.165, 1.54) is 23.9 Å². The molecule has 1 aromatic carbocycles. The molecular weight excluding hydrogens is 700 g/mol. The molecule has 0 saturated heterocycles. The topological polar surface area (TPSA) is 43.8 Å². The molecule has 42 heavy (non-hydrogen) atoms. The fourth-order valence-corrected chi connectivity index (χ4v) is 8.77. The second-order valence-electron chi connectivity index (χ2n) is 10.5. The van der Waals surface area contributed by atoms with Crippen molar-refractivity contribution >= 4 is 40.7 Å². The summed E-state index contributed by atoms with van der Waals surface area (Å²) < 4.78 is 90.5. The molecule has 0 saturated carbocycles. The van der Waals surface area contributed by atoms with Gasteiger partial charge in [-0.3, -0.25) is 4.79 Å². The molecule has 0 spiro atoms. The van der Waals surface area contributed by atoms with Crippen molar-refractivity contribution in [3.63, 3.8) is 0 Å². The summed E-state index contributed by atoms with van der Waals surface area (Å²) in [6.45, 7) is 20.2. The Hall–Kier alpha value is -0.722. The van der Waals surface area contributed by atoms with Gasteiger partial charge in [0.2, 0.25) is 0 Å². The van der Waals surface area contributed by atoms with Gasteiger partial charge in [0.05, 0.1) is 6.43 Å². The standard InChI is InChI=1S/C20H36BN2P2.C4HF8.C2H4O2.Rh/c1-15(2)24(16(3)4)13-22-19-11-9-10-12-20(19)23(21-22)14-25(17(5)6)18(7)8;5-1(6)3(9,10)4(11,12)2(7)8;1-2(3)4;/h9-12,15-18H,13-14H2,1-8H3;1H;1H3,(H,3,4);/q;-1;;. The van der Waals surface area contributed by atoms with E-state index in [2.05, 4.69) is 96.8 Å². The van der Waals surface area contributed by atoms with Gasteiger partial charge in [-0.2, -0.15) is 8.78 Å². The molecule has 0 aromatic heterocycles. The summed E-state index contributed by atoms with van der Waals surface area (Å²) in [6, 6.07) is 8.97. The molecule has 1 heterocycles. The van der Waals surface area contributed by atoms with Gasteiger partial charge >= 0.3 is 19.9 Å². The van der Waals surface area contributed by atoms with Crippen molar-refractivity contribution in [1.29, 1.82) is 0 Å². The number of carboxylic acid groups (broad SMARTS) is 1. The first-order valence-corrected chi connectivity index (χ1v) is 16.3. The van der Waals surface area contributed by atoms with E-state index in [-0.39, 0.29) is 35.3 Å². The van der Waals surface area contributed by atoms with E-state index in [0.29, 0.717) is 0 Å². The summed E-state index contributed by atoms with van der Waals surface area (Å²) >= 11 is 0. The predicted octanol–water partition coefficient (Wildman–Crippen LogP) is 9.40. The van der Waals surface area contributed by atoms with Gasteiger partial charge in [-0.1, -0.05) is 83.4 Å². The van der Waals surface area contributed by atoms with E-state index in [4.69, 9.17) is 9.90 Å². The van der Waals surface area contributed by atoms with Crippen molar-refractivity contribution in [2.75, 3.05) is 22.2 Å². The average Bonchev–Trinajstić information content (AvgIpc) is 3.17. The van der Waals surface area contributed by atoms with Crippen LogP contribution in [0.2, 0.25) is 0 Å². The number of aliphatic carboxylic acids is 1. The smallest absolute Gasteiger partial charge is 0.392 e. The van der Waals surface area contributed by atoms with E-state index in [1.54, 1.807) is 0 Å². The number of nitrogens with zero attached hydrogens (tertiary/aromatic N) is 2. The van der Waals surface area contributed by atoms with Crippen LogP contribution in [-0.2, 0) is 24.3 Å². The molecule has 1 aromatic rings. The van der Waals surface area contributed by atoms with Crippen molar-refractivity contribution in [2.24, 2.45) is 0 Å². The van der Waals surface area contributed by atoms with Gasteiger partial charge in [0.15, 0.2) is 0 Å². The summed E-state index contributed by atoms with van der Waals surface area (Å²) in [5, 5.41) is 7.42. The number of alkyl halides is 6. The Kier molecular flexibility index (Phi) is 19.6. The Morgan fingerprint density at radius 2 is 1.12 bits per heavy atom. The number of rotatable bonds is 11. The summed E-state index contributed by atoms with van der Waals surface area (Å²) in [7, 11) is 2.40. The number of hydrogen-bond acceptors (Lipinski definition) is 3. The van der Waals surface area contributed by atoms with Crippen molar-refractivity contribution in [3.05, 3.63) is 30.7 Å². The number of carbonyl (C=O) groups is 1. The molecular formula is C26H41BF8N2O2P2Rh-. The molecule has 1 aliphatic heterocycles. The van der Waals surface area contributed by atoms with Crippen LogP contribution < -0.4 is 9.62 Å². The Morgan fingerprint density at radius 1 is 0.833 bits per heavy atom. The second kappa shape index (κ2) is 18.9. The van der Waals surface area contributed by atoms with Crippen LogP contribution in [0.3, 0.4) is 0 Å². The number of halogens is 8. The van der Waals surface area contributed by atoms with Gasteiger partial charge in [0.25, 0.3) is 11.9 Å². The zero-order chi connectivity index (χ0) is 32.5. The monoisotopic (exact) mass is 741 g/mol. The predicted molar refractivity (Wildman–Crippen MR) is 156 cm³/mol. The number of hydrogen-bond donors (Lipinski definition) is 1. The van der Waals surface area contributed by atoms with Gasteiger partial charge in [-0.05, 0) is 34.8 Å². The molecule has 1 N–H and O–H groups in total. The van der Waals surface area contributed by atoms with Crippen molar-refractivity contribution in [3.8, 4) is 0 Å². The fraction of sp³-hybridized carbons (Fsp3) is 0.692. The third-order valence-electron chi connectivity index (χ3n) is 5.99. The zero-order valence-electron chi connectivity index (χ0n) is 25.2. The molecule has 0 bridgehead atoms. The summed E-state index contributed by atoms with van der Waals surface area (Å²) in [5.41, 5.74) is 5.89. The molecule has 0 unspecified atom stereocenters. The number of fused-ring (bicyclic) bond motifs is 1. The molecule has 0 fully saturated rings. The van der Waals surface area contributed by atoms with Crippen molar-refractivity contribution in [1.82, 2.24) is 0 Å². The van der Waals surface area contributed by atoms with Gasteiger partial charge in [-0.15, -0.1) is 0 Å². The zero-order valence-corrected chi connectivity index (χ0v) is 28.6. The molecule has 0 amide bonds. The first kappa shape index (κ1) is 43.4. The first-order chi connectivity index (χ1) is 18.6. The molecule has 16 heteroatoms.